The Morgan fingerprint density at radius 2 is 2.00 bits per heavy atom. The molecule has 2 amide bonds. The summed E-state index contributed by atoms with van der Waals surface area (Å²) in [5, 5.41) is 13.0. The molecule has 28 heavy (non-hydrogen) atoms. The van der Waals surface area contributed by atoms with Gasteiger partial charge in [-0.2, -0.15) is 0 Å². The number of hydrogen-bond donors (Lipinski definition) is 2. The molecule has 2 N–H and O–H groups in total. The Balaban J connectivity index is 1.62. The summed E-state index contributed by atoms with van der Waals surface area (Å²) in [6.45, 7) is 4.69. The van der Waals surface area contributed by atoms with Crippen molar-refractivity contribution in [2.75, 3.05) is 6.61 Å². The molecule has 0 radical (unpaired) electrons. The standard InChI is InChI=1S/C20H21N3O5/c1-11-3-5-13(6-4-11)7-21-19(26)14-8-22-9-15-23(12(2)10-28-15)20(27)16(22)18(25)17(14)24/h3-6,8,12,15,25H,7,9-10H2,1-2H3,(H,21,26)/t12-,15+/m0/s1. The fourth-order valence-corrected chi connectivity index (χ4v) is 3.62. The summed E-state index contributed by atoms with van der Waals surface area (Å²) in [5.74, 6) is -1.78. The van der Waals surface area contributed by atoms with Gasteiger partial charge in [0.15, 0.2) is 17.7 Å². The number of nitrogens with one attached hydrogen (secondary N) is 1. The zero-order valence-corrected chi connectivity index (χ0v) is 15.6. The minimum Gasteiger partial charge on any atom is -0.503 e. The summed E-state index contributed by atoms with van der Waals surface area (Å²) in [7, 11) is 0. The van der Waals surface area contributed by atoms with Gasteiger partial charge in [-0.3, -0.25) is 14.4 Å². The molecule has 8 nitrogen and oxygen atoms in total. The first-order valence-corrected chi connectivity index (χ1v) is 9.11. The van der Waals surface area contributed by atoms with Gasteiger partial charge in [0.25, 0.3) is 11.8 Å². The number of hydrogen-bond acceptors (Lipinski definition) is 5. The molecule has 0 spiro atoms. The van der Waals surface area contributed by atoms with Gasteiger partial charge in [-0.1, -0.05) is 29.8 Å². The van der Waals surface area contributed by atoms with E-state index in [9.17, 15) is 19.5 Å². The van der Waals surface area contributed by atoms with E-state index in [1.54, 1.807) is 0 Å². The molecule has 0 saturated carbocycles. The van der Waals surface area contributed by atoms with Crippen LogP contribution < -0.4 is 10.7 Å². The van der Waals surface area contributed by atoms with Crippen LogP contribution in [0.5, 0.6) is 5.75 Å². The molecule has 3 heterocycles. The van der Waals surface area contributed by atoms with E-state index in [0.717, 1.165) is 11.1 Å². The lowest BCUT2D eigenvalue weighted by atomic mass is 10.1. The van der Waals surface area contributed by atoms with Crippen molar-refractivity contribution < 1.29 is 19.4 Å². The van der Waals surface area contributed by atoms with Crippen molar-refractivity contribution in [1.29, 1.82) is 0 Å². The van der Waals surface area contributed by atoms with Crippen LogP contribution in [0.2, 0.25) is 0 Å². The van der Waals surface area contributed by atoms with E-state index in [1.165, 1.54) is 15.7 Å². The van der Waals surface area contributed by atoms with Crippen molar-refractivity contribution >= 4 is 11.8 Å². The molecule has 1 aromatic carbocycles. The van der Waals surface area contributed by atoms with Gasteiger partial charge < -0.3 is 24.6 Å². The van der Waals surface area contributed by atoms with E-state index in [2.05, 4.69) is 5.32 Å². The van der Waals surface area contributed by atoms with Crippen molar-refractivity contribution in [2.24, 2.45) is 0 Å². The molecule has 0 bridgehead atoms. The number of carbonyl (C=O) groups excluding carboxylic acids is 2. The Labute approximate surface area is 161 Å². The predicted molar refractivity (Wildman–Crippen MR) is 100 cm³/mol. The van der Waals surface area contributed by atoms with E-state index in [1.807, 2.05) is 38.1 Å². The number of ether oxygens (including phenoxy) is 1. The van der Waals surface area contributed by atoms with Crippen LogP contribution in [0.25, 0.3) is 0 Å². The SMILES string of the molecule is Cc1ccc(CNC(=O)c2cn3c(c(O)c2=O)C(=O)N2[C@@H](C)CO[C@@H]2C3)cc1. The molecular weight excluding hydrogens is 362 g/mol. The molecule has 2 aliphatic heterocycles. The number of nitrogens with zero attached hydrogens (tertiary/aromatic N) is 2. The van der Waals surface area contributed by atoms with Crippen LogP contribution in [0.15, 0.2) is 35.3 Å². The first-order valence-electron chi connectivity index (χ1n) is 9.11. The number of carbonyl (C=O) groups is 2. The fourth-order valence-electron chi connectivity index (χ4n) is 3.62. The Kier molecular flexibility index (Phi) is 4.43. The van der Waals surface area contributed by atoms with Crippen LogP contribution in [0.1, 0.15) is 38.9 Å². The lowest BCUT2D eigenvalue weighted by Gasteiger charge is -2.33. The number of rotatable bonds is 3. The average Bonchev–Trinajstić information content (AvgIpc) is 3.04. The fraction of sp³-hybridized carbons (Fsp3) is 0.350. The lowest BCUT2D eigenvalue weighted by Crippen LogP contribution is -2.49. The van der Waals surface area contributed by atoms with Crippen molar-refractivity contribution in [3.63, 3.8) is 0 Å². The second-order valence-electron chi connectivity index (χ2n) is 7.24. The Morgan fingerprint density at radius 1 is 1.29 bits per heavy atom. The zero-order chi connectivity index (χ0) is 20.0. The van der Waals surface area contributed by atoms with E-state index < -0.39 is 29.2 Å². The highest BCUT2D eigenvalue weighted by atomic mass is 16.5. The van der Waals surface area contributed by atoms with Gasteiger partial charge in [-0.25, -0.2) is 0 Å². The van der Waals surface area contributed by atoms with Crippen LogP contribution in [0, 0.1) is 6.92 Å². The van der Waals surface area contributed by atoms with Crippen LogP contribution in [-0.4, -0.2) is 45.3 Å². The number of aryl methyl sites for hydroxylation is 1. The Hall–Kier alpha value is -3.13. The van der Waals surface area contributed by atoms with Gasteiger partial charge in [0, 0.05) is 12.7 Å². The quantitative estimate of drug-likeness (QED) is 0.823. The van der Waals surface area contributed by atoms with Gasteiger partial charge in [0.1, 0.15) is 5.56 Å². The molecule has 8 heteroatoms. The van der Waals surface area contributed by atoms with Gasteiger partial charge in [0.2, 0.25) is 5.43 Å². The molecule has 2 aliphatic rings. The van der Waals surface area contributed by atoms with Crippen LogP contribution >= 0.6 is 0 Å². The second kappa shape index (κ2) is 6.79. The van der Waals surface area contributed by atoms with Crippen LogP contribution in [0.4, 0.5) is 0 Å². The number of benzene rings is 1. The third kappa shape index (κ3) is 2.95. The van der Waals surface area contributed by atoms with Gasteiger partial charge in [0.05, 0.1) is 19.2 Å². The summed E-state index contributed by atoms with van der Waals surface area (Å²) in [5.41, 5.74) is 0.831. The van der Waals surface area contributed by atoms with E-state index in [0.29, 0.717) is 6.61 Å². The molecular formula is C20H21N3O5. The van der Waals surface area contributed by atoms with Crippen molar-refractivity contribution in [2.45, 2.75) is 39.2 Å². The van der Waals surface area contributed by atoms with Crippen molar-refractivity contribution in [3.05, 3.63) is 63.1 Å². The van der Waals surface area contributed by atoms with E-state index in [-0.39, 0.29) is 30.4 Å². The lowest BCUT2D eigenvalue weighted by molar-refractivity contribution is 0.00624. The second-order valence-corrected chi connectivity index (χ2v) is 7.24. The third-order valence-corrected chi connectivity index (χ3v) is 5.18. The topological polar surface area (TPSA) is 101 Å². The molecule has 146 valence electrons. The first-order chi connectivity index (χ1) is 13.4. The highest BCUT2D eigenvalue weighted by Crippen LogP contribution is 2.29. The summed E-state index contributed by atoms with van der Waals surface area (Å²) in [6, 6.07) is 7.50. The molecule has 4 rings (SSSR count). The maximum Gasteiger partial charge on any atom is 0.276 e. The van der Waals surface area contributed by atoms with Crippen molar-refractivity contribution in [1.82, 2.24) is 14.8 Å². The maximum absolute atomic E-state index is 12.7. The minimum absolute atomic E-state index is 0.103. The molecule has 2 atom stereocenters. The van der Waals surface area contributed by atoms with E-state index in [4.69, 9.17) is 4.74 Å². The molecule has 2 aromatic rings. The summed E-state index contributed by atoms with van der Waals surface area (Å²) < 4.78 is 7.04. The normalized spacial score (nSPS) is 20.6. The number of aromatic hydroxyl groups is 1. The van der Waals surface area contributed by atoms with Gasteiger partial charge in [-0.05, 0) is 19.4 Å². The van der Waals surface area contributed by atoms with Crippen molar-refractivity contribution in [3.8, 4) is 5.75 Å². The summed E-state index contributed by atoms with van der Waals surface area (Å²) in [4.78, 5) is 39.3. The maximum atomic E-state index is 12.7. The van der Waals surface area contributed by atoms with Crippen LogP contribution in [-0.2, 0) is 17.8 Å². The number of aromatic nitrogens is 1. The molecule has 0 aliphatic carbocycles. The summed E-state index contributed by atoms with van der Waals surface area (Å²) >= 11 is 0. The largest absolute Gasteiger partial charge is 0.503 e. The van der Waals surface area contributed by atoms with Gasteiger partial charge >= 0.3 is 0 Å². The number of amides is 2. The first kappa shape index (κ1) is 18.2. The van der Waals surface area contributed by atoms with Crippen LogP contribution in [0.3, 0.4) is 0 Å². The molecule has 1 aromatic heterocycles. The average molecular weight is 383 g/mol. The Bertz CT molecular complexity index is 1010. The molecule has 1 saturated heterocycles. The van der Waals surface area contributed by atoms with E-state index >= 15 is 0 Å². The number of fused-ring (bicyclic) bond motifs is 2. The van der Waals surface area contributed by atoms with Gasteiger partial charge in [-0.15, -0.1) is 0 Å². The number of pyridine rings is 1. The minimum atomic E-state index is -0.854. The smallest absolute Gasteiger partial charge is 0.276 e. The monoisotopic (exact) mass is 383 g/mol. The molecule has 1 fully saturated rings. The highest BCUT2D eigenvalue weighted by molar-refractivity contribution is 5.99. The third-order valence-electron chi connectivity index (χ3n) is 5.18. The summed E-state index contributed by atoms with van der Waals surface area (Å²) in [6.07, 6.45) is 0.851. The zero-order valence-electron chi connectivity index (χ0n) is 15.6. The highest BCUT2D eigenvalue weighted by Gasteiger charge is 2.42. The predicted octanol–water partition coefficient (Wildman–Crippen LogP) is 0.993. The Morgan fingerprint density at radius 3 is 2.71 bits per heavy atom. The molecule has 0 unspecified atom stereocenters.